The highest BCUT2D eigenvalue weighted by atomic mass is 32.2. The second-order valence-electron chi connectivity index (χ2n) is 6.72. The number of aryl methyl sites for hydroxylation is 1. The minimum Gasteiger partial charge on any atom is -0.335 e. The molecule has 0 aliphatic heterocycles. The lowest BCUT2D eigenvalue weighted by molar-refractivity contribution is -0.132. The highest BCUT2D eigenvalue weighted by Gasteiger charge is 2.21. The molecule has 2 aromatic carbocycles. The standard InChI is InChI=1S/C22H27N3O3S/c1-5-17-8-6-7-9-20(17)24-21(27)14-25(4)22(28)15(2)29-19-12-10-18(11-13-19)23-16(3)26/h6-13,15H,5,14H2,1-4H3,(H,23,26)(H,24,27). The van der Waals surface area contributed by atoms with E-state index in [0.29, 0.717) is 5.69 Å². The molecule has 29 heavy (non-hydrogen) atoms. The number of carbonyl (C=O) groups is 3. The van der Waals surface area contributed by atoms with Crippen molar-refractivity contribution >= 4 is 40.9 Å². The molecule has 6 nitrogen and oxygen atoms in total. The maximum Gasteiger partial charge on any atom is 0.243 e. The van der Waals surface area contributed by atoms with Gasteiger partial charge in [0.25, 0.3) is 0 Å². The first kappa shape index (κ1) is 22.5. The molecule has 0 aliphatic rings. The highest BCUT2D eigenvalue weighted by molar-refractivity contribution is 8.00. The zero-order chi connectivity index (χ0) is 21.4. The zero-order valence-corrected chi connectivity index (χ0v) is 18.0. The number of anilines is 2. The Morgan fingerprint density at radius 2 is 1.69 bits per heavy atom. The summed E-state index contributed by atoms with van der Waals surface area (Å²) in [5.74, 6) is -0.478. The maximum atomic E-state index is 12.6. The predicted octanol–water partition coefficient (Wildman–Crippen LogP) is 3.79. The lowest BCUT2D eigenvalue weighted by atomic mass is 10.1. The van der Waals surface area contributed by atoms with Crippen molar-refractivity contribution < 1.29 is 14.4 Å². The fourth-order valence-electron chi connectivity index (χ4n) is 2.82. The van der Waals surface area contributed by atoms with Crippen LogP contribution in [-0.2, 0) is 20.8 Å². The van der Waals surface area contributed by atoms with E-state index in [0.717, 1.165) is 22.6 Å². The van der Waals surface area contributed by atoms with Gasteiger partial charge in [0, 0.05) is 30.2 Å². The molecule has 154 valence electrons. The molecule has 2 N–H and O–H groups in total. The third kappa shape index (κ3) is 6.94. The van der Waals surface area contributed by atoms with Crippen LogP contribution in [0.3, 0.4) is 0 Å². The first-order valence-electron chi connectivity index (χ1n) is 9.47. The molecule has 0 spiro atoms. The van der Waals surface area contributed by atoms with E-state index in [-0.39, 0.29) is 29.5 Å². The minimum absolute atomic E-state index is 0.0107. The van der Waals surface area contributed by atoms with Gasteiger partial charge in [-0.1, -0.05) is 25.1 Å². The summed E-state index contributed by atoms with van der Waals surface area (Å²) < 4.78 is 0. The van der Waals surface area contributed by atoms with Gasteiger partial charge >= 0.3 is 0 Å². The predicted molar refractivity (Wildman–Crippen MR) is 118 cm³/mol. The van der Waals surface area contributed by atoms with Crippen LogP contribution in [0.4, 0.5) is 11.4 Å². The number of amides is 3. The van der Waals surface area contributed by atoms with Crippen molar-refractivity contribution in [3.63, 3.8) is 0 Å². The molecule has 0 heterocycles. The molecule has 0 aliphatic carbocycles. The van der Waals surface area contributed by atoms with Crippen molar-refractivity contribution in [1.29, 1.82) is 0 Å². The molecule has 1 unspecified atom stereocenters. The molecule has 1 atom stereocenters. The first-order chi connectivity index (χ1) is 13.8. The number of nitrogens with one attached hydrogen (secondary N) is 2. The van der Waals surface area contributed by atoms with E-state index in [1.54, 1.807) is 19.2 Å². The quantitative estimate of drug-likeness (QED) is 0.646. The van der Waals surface area contributed by atoms with Crippen LogP contribution >= 0.6 is 11.8 Å². The van der Waals surface area contributed by atoms with Crippen LogP contribution in [0, 0.1) is 0 Å². The molecule has 3 amide bonds. The Bertz CT molecular complexity index is 868. The van der Waals surface area contributed by atoms with Gasteiger partial charge in [0.2, 0.25) is 17.7 Å². The molecular formula is C22H27N3O3S. The average Bonchev–Trinajstić information content (AvgIpc) is 2.68. The van der Waals surface area contributed by atoms with E-state index in [4.69, 9.17) is 0 Å². The zero-order valence-electron chi connectivity index (χ0n) is 17.2. The lowest BCUT2D eigenvalue weighted by Crippen LogP contribution is -2.39. The lowest BCUT2D eigenvalue weighted by Gasteiger charge is -2.21. The van der Waals surface area contributed by atoms with Crippen molar-refractivity contribution in [3.8, 4) is 0 Å². The number of nitrogens with zero attached hydrogens (tertiary/aromatic N) is 1. The summed E-state index contributed by atoms with van der Waals surface area (Å²) in [5.41, 5.74) is 2.55. The van der Waals surface area contributed by atoms with Gasteiger partial charge in [0.05, 0.1) is 11.8 Å². The van der Waals surface area contributed by atoms with Crippen LogP contribution in [-0.4, -0.2) is 41.5 Å². The van der Waals surface area contributed by atoms with Crippen molar-refractivity contribution in [3.05, 3.63) is 54.1 Å². The summed E-state index contributed by atoms with van der Waals surface area (Å²) >= 11 is 1.41. The molecule has 2 aromatic rings. The third-order valence-electron chi connectivity index (χ3n) is 4.26. The Hall–Kier alpha value is -2.80. The average molecular weight is 414 g/mol. The van der Waals surface area contributed by atoms with Gasteiger partial charge in [-0.25, -0.2) is 0 Å². The van der Waals surface area contributed by atoms with Crippen LogP contribution in [0.1, 0.15) is 26.3 Å². The van der Waals surface area contributed by atoms with Gasteiger partial charge in [-0.3, -0.25) is 14.4 Å². The number of carbonyl (C=O) groups excluding carboxylic acids is 3. The maximum absolute atomic E-state index is 12.6. The molecule has 7 heteroatoms. The van der Waals surface area contributed by atoms with Crippen molar-refractivity contribution in [2.45, 2.75) is 37.3 Å². The fourth-order valence-corrected chi connectivity index (χ4v) is 3.80. The van der Waals surface area contributed by atoms with Crippen LogP contribution in [0.15, 0.2) is 53.4 Å². The Morgan fingerprint density at radius 3 is 2.31 bits per heavy atom. The molecular weight excluding hydrogens is 386 g/mol. The van der Waals surface area contributed by atoms with E-state index < -0.39 is 0 Å². The van der Waals surface area contributed by atoms with E-state index in [1.807, 2.05) is 50.2 Å². The van der Waals surface area contributed by atoms with E-state index in [9.17, 15) is 14.4 Å². The largest absolute Gasteiger partial charge is 0.335 e. The minimum atomic E-state index is -0.345. The summed E-state index contributed by atoms with van der Waals surface area (Å²) in [5, 5.41) is 5.25. The van der Waals surface area contributed by atoms with Crippen LogP contribution < -0.4 is 10.6 Å². The number of thioether (sulfide) groups is 1. The SMILES string of the molecule is CCc1ccccc1NC(=O)CN(C)C(=O)C(C)Sc1ccc(NC(C)=O)cc1. The Labute approximate surface area is 176 Å². The normalized spacial score (nSPS) is 11.4. The second kappa shape index (κ2) is 10.7. The number of benzene rings is 2. The monoisotopic (exact) mass is 413 g/mol. The number of hydrogen-bond acceptors (Lipinski definition) is 4. The summed E-state index contributed by atoms with van der Waals surface area (Å²) in [6.45, 7) is 5.29. The number of rotatable bonds is 8. The van der Waals surface area contributed by atoms with Gasteiger partial charge < -0.3 is 15.5 Å². The molecule has 0 radical (unpaired) electrons. The summed E-state index contributed by atoms with van der Waals surface area (Å²) in [6, 6.07) is 14.9. The summed E-state index contributed by atoms with van der Waals surface area (Å²) in [6.07, 6.45) is 0.819. The van der Waals surface area contributed by atoms with Gasteiger partial charge in [-0.05, 0) is 49.2 Å². The molecule has 0 saturated carbocycles. The van der Waals surface area contributed by atoms with Crippen molar-refractivity contribution in [2.24, 2.45) is 0 Å². The molecule has 0 saturated heterocycles. The van der Waals surface area contributed by atoms with Crippen LogP contribution in [0.2, 0.25) is 0 Å². The van der Waals surface area contributed by atoms with E-state index >= 15 is 0 Å². The first-order valence-corrected chi connectivity index (χ1v) is 10.3. The number of hydrogen-bond donors (Lipinski definition) is 2. The topological polar surface area (TPSA) is 78.5 Å². The highest BCUT2D eigenvalue weighted by Crippen LogP contribution is 2.25. The summed E-state index contributed by atoms with van der Waals surface area (Å²) in [4.78, 5) is 38.4. The van der Waals surface area contributed by atoms with Crippen molar-refractivity contribution in [1.82, 2.24) is 4.90 Å². The molecule has 0 aromatic heterocycles. The van der Waals surface area contributed by atoms with Crippen molar-refractivity contribution in [2.75, 3.05) is 24.2 Å². The summed E-state index contributed by atoms with van der Waals surface area (Å²) in [7, 11) is 1.63. The van der Waals surface area contributed by atoms with E-state index in [1.165, 1.54) is 23.6 Å². The van der Waals surface area contributed by atoms with Gasteiger partial charge in [-0.15, -0.1) is 11.8 Å². The van der Waals surface area contributed by atoms with Gasteiger partial charge in [0.15, 0.2) is 0 Å². The Morgan fingerprint density at radius 1 is 1.03 bits per heavy atom. The number of para-hydroxylation sites is 1. The van der Waals surface area contributed by atoms with E-state index in [2.05, 4.69) is 10.6 Å². The second-order valence-corrected chi connectivity index (χ2v) is 8.13. The van der Waals surface area contributed by atoms with Gasteiger partial charge in [-0.2, -0.15) is 0 Å². The van der Waals surface area contributed by atoms with Crippen LogP contribution in [0.5, 0.6) is 0 Å². The Kier molecular flexibility index (Phi) is 8.27. The third-order valence-corrected chi connectivity index (χ3v) is 5.36. The van der Waals surface area contributed by atoms with Gasteiger partial charge in [0.1, 0.15) is 0 Å². The molecule has 0 bridgehead atoms. The molecule has 0 fully saturated rings. The van der Waals surface area contributed by atoms with Crippen LogP contribution in [0.25, 0.3) is 0 Å². The Balaban J connectivity index is 1.89. The number of likely N-dealkylation sites (N-methyl/N-ethyl adjacent to an activating group) is 1. The fraction of sp³-hybridized carbons (Fsp3) is 0.318. The molecule has 2 rings (SSSR count). The smallest absolute Gasteiger partial charge is 0.243 e.